The summed E-state index contributed by atoms with van der Waals surface area (Å²) < 4.78 is 13.3. The summed E-state index contributed by atoms with van der Waals surface area (Å²) in [6.07, 6.45) is 0.133. The first-order chi connectivity index (χ1) is 19.5. The van der Waals surface area contributed by atoms with E-state index in [4.69, 9.17) is 9.47 Å². The third-order valence-electron chi connectivity index (χ3n) is 8.90. The van der Waals surface area contributed by atoms with E-state index in [0.717, 1.165) is 34.4 Å². The molecular formula is C35H35MoO6-. The first-order valence-electron chi connectivity index (χ1n) is 14.1. The van der Waals surface area contributed by atoms with Gasteiger partial charge in [-0.25, -0.2) is 0 Å². The van der Waals surface area contributed by atoms with Crippen molar-refractivity contribution in [3.05, 3.63) is 105 Å². The van der Waals surface area contributed by atoms with E-state index in [2.05, 4.69) is 52.0 Å². The number of benzene rings is 4. The van der Waals surface area contributed by atoms with Gasteiger partial charge in [0.05, 0.1) is 0 Å². The van der Waals surface area contributed by atoms with Gasteiger partial charge in [-0.1, -0.05) is 45.0 Å². The Hall–Kier alpha value is -3.63. The Labute approximate surface area is 260 Å². The fraction of sp³-hybridized carbons (Fsp3) is 0.314. The van der Waals surface area contributed by atoms with Crippen molar-refractivity contribution in [1.82, 2.24) is 0 Å². The van der Waals surface area contributed by atoms with Gasteiger partial charge in [-0.2, -0.15) is 17.7 Å². The Bertz CT molecular complexity index is 1660. The van der Waals surface area contributed by atoms with E-state index in [0.29, 0.717) is 16.9 Å². The molecule has 0 fully saturated rings. The maximum atomic E-state index is 11.1. The number of fused-ring (bicyclic) bond motifs is 2. The Morgan fingerprint density at radius 2 is 1.45 bits per heavy atom. The number of ether oxygens (including phenoxy) is 2. The zero-order valence-corrected chi connectivity index (χ0v) is 26.3. The molecule has 42 heavy (non-hydrogen) atoms. The van der Waals surface area contributed by atoms with Gasteiger partial charge in [-0.15, -0.1) is 11.1 Å². The van der Waals surface area contributed by atoms with Gasteiger partial charge in [-0.3, -0.25) is 0 Å². The van der Waals surface area contributed by atoms with Crippen LogP contribution >= 0.6 is 0 Å². The normalized spacial score (nSPS) is 22.6. The zero-order chi connectivity index (χ0) is 29.2. The van der Waals surface area contributed by atoms with Crippen molar-refractivity contribution in [2.75, 3.05) is 0 Å². The average molecular weight is 648 g/mol. The molecule has 0 saturated heterocycles. The largest absolute Gasteiger partial charge is 0.543 e. The summed E-state index contributed by atoms with van der Waals surface area (Å²) in [7, 11) is 0. The van der Waals surface area contributed by atoms with Crippen LogP contribution in [0.25, 0.3) is 0 Å². The predicted octanol–water partition coefficient (Wildman–Crippen LogP) is 7.45. The third-order valence-corrected chi connectivity index (χ3v) is 8.90. The molecule has 0 bridgehead atoms. The second-order valence-corrected chi connectivity index (χ2v) is 11.8. The first kappa shape index (κ1) is 29.8. The van der Waals surface area contributed by atoms with Gasteiger partial charge < -0.3 is 29.9 Å². The summed E-state index contributed by atoms with van der Waals surface area (Å²) in [6.45, 7) is 10.5. The van der Waals surface area contributed by atoms with Crippen LogP contribution in [0.5, 0.6) is 34.5 Å². The number of phenols is 4. The maximum absolute atomic E-state index is 11.1. The van der Waals surface area contributed by atoms with Gasteiger partial charge in [0.2, 0.25) is 0 Å². The fourth-order valence-corrected chi connectivity index (χ4v) is 6.50. The molecule has 0 aliphatic carbocycles. The van der Waals surface area contributed by atoms with Crippen molar-refractivity contribution in [3.63, 3.8) is 0 Å². The number of aryl methyl sites for hydroxylation is 3. The second-order valence-electron chi connectivity index (χ2n) is 11.8. The molecule has 0 aromatic heterocycles. The molecule has 2 aliphatic rings. The van der Waals surface area contributed by atoms with Crippen LogP contribution in [0.15, 0.2) is 54.6 Å². The standard InChI is InChI=1S/C35H35O6.Mo/c1-17-6-8-22(12-19(17)3)33-20(4)13-26-18(2)7-10-25(35(26)41-33)31-21(5)34(23-9-11-27(37)28(38)14-23)40-30-16-24(36)15-29(39)32(30)31;/h6-9,11-12,14-16,20-21,31,33-34,36-39H,13H2,1-5H3;/q-1;. The summed E-state index contributed by atoms with van der Waals surface area (Å²) in [5.74, 6) is 0.0830. The third kappa shape index (κ3) is 5.00. The molecule has 218 valence electrons. The van der Waals surface area contributed by atoms with E-state index in [1.807, 2.05) is 13.0 Å². The van der Waals surface area contributed by atoms with Crippen LogP contribution in [-0.2, 0) is 27.5 Å². The molecule has 2 heterocycles. The van der Waals surface area contributed by atoms with Crippen molar-refractivity contribution in [3.8, 4) is 34.5 Å². The van der Waals surface area contributed by atoms with E-state index in [1.165, 1.54) is 35.4 Å². The Kier molecular flexibility index (Phi) is 7.97. The van der Waals surface area contributed by atoms with Gasteiger partial charge in [0, 0.05) is 56.3 Å². The summed E-state index contributed by atoms with van der Waals surface area (Å²) >= 11 is 0. The number of hydrogen-bond acceptors (Lipinski definition) is 6. The van der Waals surface area contributed by atoms with Crippen molar-refractivity contribution in [2.45, 2.75) is 59.2 Å². The molecule has 0 saturated carbocycles. The first-order valence-corrected chi connectivity index (χ1v) is 14.1. The minimum Gasteiger partial charge on any atom is -0.543 e. The minimum absolute atomic E-state index is 0. The van der Waals surface area contributed by atoms with Crippen molar-refractivity contribution in [2.24, 2.45) is 11.8 Å². The topological polar surface area (TPSA) is 99.4 Å². The SMILES string of the molecule is Cc1ccc(C2Oc3c(C4c5c(O)cc(O)cc5OC(c5ccc(O)c(O)c5)C4C)[c-]cc(C)c3CC2C)cc1C.[Mo]. The fourth-order valence-electron chi connectivity index (χ4n) is 6.50. The quantitative estimate of drug-likeness (QED) is 0.105. The number of rotatable bonds is 3. The van der Waals surface area contributed by atoms with Crippen LogP contribution in [0.2, 0.25) is 0 Å². The number of hydrogen-bond donors (Lipinski definition) is 4. The monoisotopic (exact) mass is 649 g/mol. The predicted molar refractivity (Wildman–Crippen MR) is 156 cm³/mol. The molecule has 5 unspecified atom stereocenters. The van der Waals surface area contributed by atoms with Gasteiger partial charge in [0.1, 0.15) is 29.5 Å². The van der Waals surface area contributed by atoms with Crippen LogP contribution in [0, 0.1) is 38.7 Å². The van der Waals surface area contributed by atoms with Crippen LogP contribution in [-0.4, -0.2) is 20.4 Å². The maximum Gasteiger partial charge on any atom is 0.157 e. The Balaban J connectivity index is 0.00000353. The molecule has 2 aliphatic heterocycles. The van der Waals surface area contributed by atoms with Crippen molar-refractivity contribution < 1.29 is 51.0 Å². The molecule has 0 spiro atoms. The van der Waals surface area contributed by atoms with E-state index in [-0.39, 0.29) is 62.0 Å². The van der Waals surface area contributed by atoms with E-state index >= 15 is 0 Å². The van der Waals surface area contributed by atoms with Crippen molar-refractivity contribution in [1.29, 1.82) is 0 Å². The molecule has 0 radical (unpaired) electrons. The second kappa shape index (κ2) is 11.2. The molecule has 4 aromatic carbocycles. The summed E-state index contributed by atoms with van der Waals surface area (Å²) in [4.78, 5) is 0. The van der Waals surface area contributed by atoms with E-state index in [9.17, 15) is 20.4 Å². The van der Waals surface area contributed by atoms with Crippen molar-refractivity contribution >= 4 is 0 Å². The molecule has 6 rings (SSSR count). The average Bonchev–Trinajstić information content (AvgIpc) is 2.92. The number of phenolic OH excluding ortho intramolecular Hbond substituents is 4. The molecule has 7 heteroatoms. The number of aromatic hydroxyl groups is 4. The zero-order valence-electron chi connectivity index (χ0n) is 24.3. The van der Waals surface area contributed by atoms with E-state index < -0.39 is 12.0 Å². The minimum atomic E-state index is -0.552. The van der Waals surface area contributed by atoms with Gasteiger partial charge >= 0.3 is 0 Å². The van der Waals surface area contributed by atoms with Crippen LogP contribution in [0.4, 0.5) is 0 Å². The summed E-state index contributed by atoms with van der Waals surface area (Å²) in [5, 5.41) is 41.7. The molecule has 0 amide bonds. The van der Waals surface area contributed by atoms with Crippen LogP contribution in [0.3, 0.4) is 0 Å². The van der Waals surface area contributed by atoms with Crippen LogP contribution in [0.1, 0.15) is 76.5 Å². The molecule has 4 aromatic rings. The van der Waals surface area contributed by atoms with Gasteiger partial charge in [0.15, 0.2) is 11.5 Å². The van der Waals surface area contributed by atoms with E-state index in [1.54, 1.807) is 6.07 Å². The summed E-state index contributed by atoms with van der Waals surface area (Å²) in [6, 6.07) is 19.4. The van der Waals surface area contributed by atoms with Crippen LogP contribution < -0.4 is 9.47 Å². The van der Waals surface area contributed by atoms with Gasteiger partial charge in [0.25, 0.3) is 0 Å². The molecular weight excluding hydrogens is 612 g/mol. The summed E-state index contributed by atoms with van der Waals surface area (Å²) in [5.41, 5.74) is 7.85. The van der Waals surface area contributed by atoms with Gasteiger partial charge in [-0.05, 0) is 60.6 Å². The molecule has 6 nitrogen and oxygen atoms in total. The Morgan fingerprint density at radius 1 is 0.738 bits per heavy atom. The smallest absolute Gasteiger partial charge is 0.157 e. The Morgan fingerprint density at radius 3 is 2.17 bits per heavy atom. The molecule has 4 N–H and O–H groups in total. The molecule has 5 atom stereocenters.